The molecule has 2 N–H and O–H groups in total. The van der Waals surface area contributed by atoms with Gasteiger partial charge in [0.25, 0.3) is 5.91 Å². The maximum atomic E-state index is 13.4. The lowest BCUT2D eigenvalue weighted by molar-refractivity contribution is -0.192. The number of nitrogens with one attached hydrogen (secondary N) is 1. The summed E-state index contributed by atoms with van der Waals surface area (Å²) in [5.41, 5.74) is 1.41. The lowest BCUT2D eigenvalue weighted by Crippen LogP contribution is -2.30. The molecule has 0 bridgehead atoms. The highest BCUT2D eigenvalue weighted by Crippen LogP contribution is 2.24. The minimum absolute atomic E-state index is 0.0539. The minimum Gasteiger partial charge on any atom is -0.475 e. The van der Waals surface area contributed by atoms with Gasteiger partial charge in [-0.3, -0.25) is 4.79 Å². The molecular formula is C22H18F3N3O4S. The highest BCUT2D eigenvalue weighted by Gasteiger charge is 2.38. The maximum absolute atomic E-state index is 13.4. The normalized spacial score (nSPS) is 10.9. The van der Waals surface area contributed by atoms with Crippen LogP contribution < -0.4 is 0 Å². The van der Waals surface area contributed by atoms with Crippen LogP contribution in [-0.2, 0) is 17.9 Å². The summed E-state index contributed by atoms with van der Waals surface area (Å²) in [6, 6.07) is 15.3. The van der Waals surface area contributed by atoms with Crippen LogP contribution >= 0.6 is 11.3 Å². The number of imidazole rings is 1. The third-order valence-electron chi connectivity index (χ3n) is 4.29. The number of furan rings is 1. The van der Waals surface area contributed by atoms with Gasteiger partial charge < -0.3 is 19.4 Å². The molecule has 0 unspecified atom stereocenters. The zero-order chi connectivity index (χ0) is 23.8. The number of aliphatic carboxylic acids is 1. The van der Waals surface area contributed by atoms with E-state index in [4.69, 9.17) is 14.3 Å². The molecule has 0 aliphatic heterocycles. The predicted octanol–water partition coefficient (Wildman–Crippen LogP) is 5.21. The van der Waals surface area contributed by atoms with E-state index >= 15 is 0 Å². The fraction of sp³-hybridized carbons (Fsp3) is 0.136. The van der Waals surface area contributed by atoms with Crippen LogP contribution in [0.4, 0.5) is 13.2 Å². The summed E-state index contributed by atoms with van der Waals surface area (Å²) >= 11 is 1.64. The number of H-pyrrole nitrogens is 1. The van der Waals surface area contributed by atoms with Crippen molar-refractivity contribution in [2.45, 2.75) is 19.3 Å². The van der Waals surface area contributed by atoms with Crippen LogP contribution in [0.15, 0.2) is 77.0 Å². The number of alkyl halides is 3. The second-order valence-electron chi connectivity index (χ2n) is 6.61. The van der Waals surface area contributed by atoms with Gasteiger partial charge in [0.2, 0.25) is 0 Å². The number of rotatable bonds is 6. The van der Waals surface area contributed by atoms with Crippen LogP contribution in [0.3, 0.4) is 0 Å². The Bertz CT molecular complexity index is 1120. The van der Waals surface area contributed by atoms with Crippen molar-refractivity contribution in [1.82, 2.24) is 14.9 Å². The van der Waals surface area contributed by atoms with Crippen molar-refractivity contribution in [2.24, 2.45) is 0 Å². The molecule has 1 amide bonds. The molecule has 172 valence electrons. The Labute approximate surface area is 190 Å². The van der Waals surface area contributed by atoms with E-state index < -0.39 is 12.1 Å². The monoisotopic (exact) mass is 477 g/mol. The van der Waals surface area contributed by atoms with Gasteiger partial charge >= 0.3 is 12.1 Å². The van der Waals surface area contributed by atoms with E-state index in [0.717, 1.165) is 16.2 Å². The van der Waals surface area contributed by atoms with Crippen molar-refractivity contribution in [1.29, 1.82) is 0 Å². The zero-order valence-corrected chi connectivity index (χ0v) is 17.8. The Morgan fingerprint density at radius 1 is 1.09 bits per heavy atom. The second-order valence-corrected chi connectivity index (χ2v) is 7.64. The van der Waals surface area contributed by atoms with Crippen LogP contribution in [0, 0.1) is 0 Å². The molecule has 0 spiro atoms. The first-order valence-corrected chi connectivity index (χ1v) is 10.4. The molecule has 4 rings (SSSR count). The average molecular weight is 477 g/mol. The molecule has 4 aromatic rings. The van der Waals surface area contributed by atoms with E-state index in [9.17, 15) is 18.0 Å². The van der Waals surface area contributed by atoms with Crippen molar-refractivity contribution >= 4 is 23.2 Å². The fourth-order valence-electron chi connectivity index (χ4n) is 2.84. The highest BCUT2D eigenvalue weighted by atomic mass is 32.1. The van der Waals surface area contributed by atoms with Gasteiger partial charge in [-0.05, 0) is 29.6 Å². The quantitative estimate of drug-likeness (QED) is 0.397. The van der Waals surface area contributed by atoms with Crippen molar-refractivity contribution in [3.63, 3.8) is 0 Å². The van der Waals surface area contributed by atoms with E-state index in [1.807, 2.05) is 53.9 Å². The minimum atomic E-state index is -5.08. The molecule has 0 aliphatic rings. The molecule has 0 aliphatic carbocycles. The van der Waals surface area contributed by atoms with Crippen molar-refractivity contribution in [3.8, 4) is 11.4 Å². The number of aromatic nitrogens is 2. The SMILES string of the molecule is O=C(O)C(F)(F)F.O=C(c1ccccc1-c1ncc[nH]1)N(Cc1ccco1)Cc1cccs1. The Morgan fingerprint density at radius 3 is 2.42 bits per heavy atom. The summed E-state index contributed by atoms with van der Waals surface area (Å²) in [6.07, 6.45) is -0.0222. The molecule has 7 nitrogen and oxygen atoms in total. The first kappa shape index (κ1) is 23.8. The topological polar surface area (TPSA) is 99.4 Å². The molecule has 0 radical (unpaired) electrons. The number of thiophene rings is 1. The van der Waals surface area contributed by atoms with E-state index in [2.05, 4.69) is 9.97 Å². The van der Waals surface area contributed by atoms with E-state index in [0.29, 0.717) is 24.5 Å². The van der Waals surface area contributed by atoms with Crippen LogP contribution in [0.5, 0.6) is 0 Å². The fourth-order valence-corrected chi connectivity index (χ4v) is 3.56. The van der Waals surface area contributed by atoms with E-state index in [1.165, 1.54) is 0 Å². The molecule has 33 heavy (non-hydrogen) atoms. The van der Waals surface area contributed by atoms with Crippen molar-refractivity contribution in [3.05, 3.63) is 88.8 Å². The first-order valence-electron chi connectivity index (χ1n) is 9.48. The number of aromatic amines is 1. The molecule has 1 aromatic carbocycles. The maximum Gasteiger partial charge on any atom is 0.490 e. The molecule has 0 atom stereocenters. The number of benzene rings is 1. The van der Waals surface area contributed by atoms with E-state index in [1.54, 1.807) is 34.9 Å². The summed E-state index contributed by atoms with van der Waals surface area (Å²) < 4.78 is 37.2. The standard InChI is InChI=1S/C20H17N3O2S.C2HF3O2/c24-20(18-8-2-1-7-17(18)19-21-9-10-22-19)23(13-15-5-3-11-25-15)14-16-6-4-12-26-16;3-2(4,5)1(6)7/h1-12H,13-14H2,(H,21,22);(H,6,7). The van der Waals surface area contributed by atoms with Crippen LogP contribution in [-0.4, -0.2) is 38.0 Å². The lowest BCUT2D eigenvalue weighted by atomic mass is 10.1. The number of amides is 1. The number of carbonyl (C=O) groups is 2. The summed E-state index contributed by atoms with van der Waals surface area (Å²) in [6.45, 7) is 0.944. The van der Waals surface area contributed by atoms with Crippen molar-refractivity contribution < 1.29 is 32.3 Å². The Kier molecular flexibility index (Phi) is 7.67. The lowest BCUT2D eigenvalue weighted by Gasteiger charge is -2.22. The first-order chi connectivity index (χ1) is 15.8. The van der Waals surface area contributed by atoms with Crippen LogP contribution in [0.25, 0.3) is 11.4 Å². The molecule has 3 aromatic heterocycles. The van der Waals surface area contributed by atoms with Gasteiger partial charge in [-0.2, -0.15) is 13.2 Å². The van der Waals surface area contributed by atoms with E-state index in [-0.39, 0.29) is 5.91 Å². The number of carbonyl (C=O) groups excluding carboxylic acids is 1. The summed E-state index contributed by atoms with van der Waals surface area (Å²) in [4.78, 5) is 32.6. The smallest absolute Gasteiger partial charge is 0.475 e. The molecule has 0 saturated carbocycles. The average Bonchev–Trinajstić information content (AvgIpc) is 3.56. The summed E-state index contributed by atoms with van der Waals surface area (Å²) in [7, 11) is 0. The number of hydrogen-bond donors (Lipinski definition) is 2. The molecule has 0 fully saturated rings. The highest BCUT2D eigenvalue weighted by molar-refractivity contribution is 7.09. The third kappa shape index (κ3) is 6.56. The molecular weight excluding hydrogens is 459 g/mol. The van der Waals surface area contributed by atoms with Gasteiger partial charge in [0.05, 0.1) is 24.9 Å². The van der Waals surface area contributed by atoms with Gasteiger partial charge in [-0.15, -0.1) is 11.3 Å². The van der Waals surface area contributed by atoms with Gasteiger partial charge in [0, 0.05) is 22.8 Å². The predicted molar refractivity (Wildman–Crippen MR) is 114 cm³/mol. The number of halogens is 3. The number of carboxylic acids is 1. The Hall–Kier alpha value is -3.86. The van der Waals surface area contributed by atoms with Gasteiger partial charge in [0.1, 0.15) is 11.6 Å². The largest absolute Gasteiger partial charge is 0.490 e. The zero-order valence-electron chi connectivity index (χ0n) is 17.0. The summed E-state index contributed by atoms with van der Waals surface area (Å²) in [5, 5.41) is 9.14. The second kappa shape index (κ2) is 10.6. The van der Waals surface area contributed by atoms with Gasteiger partial charge in [0.15, 0.2) is 0 Å². The molecule has 11 heteroatoms. The molecule has 3 heterocycles. The van der Waals surface area contributed by atoms with Crippen LogP contribution in [0.2, 0.25) is 0 Å². The molecule has 0 saturated heterocycles. The Morgan fingerprint density at radius 2 is 1.85 bits per heavy atom. The summed E-state index contributed by atoms with van der Waals surface area (Å²) in [5.74, 6) is -1.37. The number of carboxylic acid groups (broad SMARTS) is 1. The van der Waals surface area contributed by atoms with Gasteiger partial charge in [-0.1, -0.05) is 24.3 Å². The third-order valence-corrected chi connectivity index (χ3v) is 5.16. The van der Waals surface area contributed by atoms with Crippen molar-refractivity contribution in [2.75, 3.05) is 0 Å². The van der Waals surface area contributed by atoms with Gasteiger partial charge in [-0.25, -0.2) is 9.78 Å². The Balaban J connectivity index is 0.000000383. The number of hydrogen-bond acceptors (Lipinski definition) is 5. The van der Waals surface area contributed by atoms with Crippen LogP contribution in [0.1, 0.15) is 21.0 Å². The number of nitrogens with zero attached hydrogens (tertiary/aromatic N) is 2.